The van der Waals surface area contributed by atoms with Crippen molar-refractivity contribution in [1.82, 2.24) is 5.32 Å². The van der Waals surface area contributed by atoms with Gasteiger partial charge in [-0.1, -0.05) is 11.6 Å². The maximum atomic E-state index is 11.6. The Morgan fingerprint density at radius 3 is 2.64 bits per heavy atom. The van der Waals surface area contributed by atoms with Crippen molar-refractivity contribution in [2.75, 3.05) is 20.3 Å². The van der Waals surface area contributed by atoms with E-state index in [0.717, 1.165) is 5.56 Å². The Hall–Kier alpha value is -1.46. The number of nitrogens with one attached hydrogen (secondary N) is 1. The lowest BCUT2D eigenvalue weighted by Gasteiger charge is -2.21. The molecule has 0 radical (unpaired) electrons. The monoisotopic (exact) mass is 329 g/mol. The highest BCUT2D eigenvalue weighted by Gasteiger charge is 2.18. The molecule has 1 atom stereocenters. The standard InChI is InChI=1S/C16H24ClNO4/c1-16(2,3)22-15(20)18-9-11(10-19)7-12-8-13(17)5-6-14(12)21-4/h5-6,8,11,19H,7,9-10H2,1-4H3,(H,18,20). The van der Waals surface area contributed by atoms with Gasteiger partial charge in [-0.3, -0.25) is 0 Å². The van der Waals surface area contributed by atoms with Crippen molar-refractivity contribution < 1.29 is 19.4 Å². The molecule has 0 aliphatic carbocycles. The van der Waals surface area contributed by atoms with Crippen LogP contribution in [0.15, 0.2) is 18.2 Å². The van der Waals surface area contributed by atoms with Crippen LogP contribution in [0.25, 0.3) is 0 Å². The van der Waals surface area contributed by atoms with E-state index in [1.54, 1.807) is 46.1 Å². The van der Waals surface area contributed by atoms with Crippen LogP contribution in [0.5, 0.6) is 5.75 Å². The van der Waals surface area contributed by atoms with Crippen molar-refractivity contribution in [3.05, 3.63) is 28.8 Å². The van der Waals surface area contributed by atoms with Crippen LogP contribution in [-0.4, -0.2) is 37.1 Å². The van der Waals surface area contributed by atoms with Crippen LogP contribution in [0.2, 0.25) is 5.02 Å². The van der Waals surface area contributed by atoms with E-state index >= 15 is 0 Å². The van der Waals surface area contributed by atoms with Crippen molar-refractivity contribution in [3.63, 3.8) is 0 Å². The number of methoxy groups -OCH3 is 1. The van der Waals surface area contributed by atoms with Crippen molar-refractivity contribution in [3.8, 4) is 5.75 Å². The number of aliphatic hydroxyl groups excluding tert-OH is 1. The molecule has 1 aromatic carbocycles. The van der Waals surface area contributed by atoms with Gasteiger partial charge >= 0.3 is 6.09 Å². The molecule has 0 aliphatic rings. The van der Waals surface area contributed by atoms with Gasteiger partial charge < -0.3 is 19.9 Å². The van der Waals surface area contributed by atoms with Crippen molar-refractivity contribution in [2.45, 2.75) is 32.8 Å². The van der Waals surface area contributed by atoms with E-state index in [1.807, 2.05) is 0 Å². The maximum Gasteiger partial charge on any atom is 0.407 e. The second kappa shape index (κ2) is 8.25. The number of amides is 1. The van der Waals surface area contributed by atoms with Gasteiger partial charge in [0.15, 0.2) is 0 Å². The first kappa shape index (κ1) is 18.6. The summed E-state index contributed by atoms with van der Waals surface area (Å²) >= 11 is 5.99. The van der Waals surface area contributed by atoms with Crippen LogP contribution < -0.4 is 10.1 Å². The topological polar surface area (TPSA) is 67.8 Å². The normalized spacial score (nSPS) is 12.6. The van der Waals surface area contributed by atoms with Crippen LogP contribution in [0.1, 0.15) is 26.3 Å². The summed E-state index contributed by atoms with van der Waals surface area (Å²) in [6, 6.07) is 5.33. The smallest absolute Gasteiger partial charge is 0.407 e. The second-order valence-corrected chi connectivity index (χ2v) is 6.53. The molecule has 0 heterocycles. The number of halogens is 1. The fourth-order valence-electron chi connectivity index (χ4n) is 1.96. The Bertz CT molecular complexity index is 499. The zero-order valence-corrected chi connectivity index (χ0v) is 14.2. The molecule has 0 aromatic heterocycles. The Labute approximate surface area is 136 Å². The van der Waals surface area contributed by atoms with Crippen molar-refractivity contribution in [2.24, 2.45) is 5.92 Å². The minimum Gasteiger partial charge on any atom is -0.496 e. The third-order valence-electron chi connectivity index (χ3n) is 2.94. The maximum absolute atomic E-state index is 11.6. The molecule has 0 spiro atoms. The summed E-state index contributed by atoms with van der Waals surface area (Å²) < 4.78 is 10.5. The molecule has 22 heavy (non-hydrogen) atoms. The second-order valence-electron chi connectivity index (χ2n) is 6.09. The summed E-state index contributed by atoms with van der Waals surface area (Å²) in [7, 11) is 1.58. The number of carbonyl (C=O) groups excluding carboxylic acids is 1. The van der Waals surface area contributed by atoms with Crippen LogP contribution in [0, 0.1) is 5.92 Å². The minimum atomic E-state index is -0.547. The first-order valence-electron chi connectivity index (χ1n) is 7.15. The molecule has 0 fully saturated rings. The summed E-state index contributed by atoms with van der Waals surface area (Å²) in [5.41, 5.74) is 0.342. The predicted molar refractivity (Wildman–Crippen MR) is 86.5 cm³/mol. The van der Waals surface area contributed by atoms with E-state index in [2.05, 4.69) is 5.32 Å². The molecule has 0 saturated heterocycles. The zero-order chi connectivity index (χ0) is 16.8. The molecule has 1 aromatic rings. The van der Waals surface area contributed by atoms with Gasteiger partial charge in [-0.25, -0.2) is 4.79 Å². The molecular weight excluding hydrogens is 306 g/mol. The molecule has 1 rings (SSSR count). The molecular formula is C16H24ClNO4. The molecule has 2 N–H and O–H groups in total. The fraction of sp³-hybridized carbons (Fsp3) is 0.562. The summed E-state index contributed by atoms with van der Waals surface area (Å²) in [4.78, 5) is 11.6. The molecule has 6 heteroatoms. The lowest BCUT2D eigenvalue weighted by molar-refractivity contribution is 0.0512. The average molecular weight is 330 g/mol. The Morgan fingerprint density at radius 1 is 1.41 bits per heavy atom. The molecule has 0 saturated carbocycles. The van der Waals surface area contributed by atoms with E-state index in [1.165, 1.54) is 0 Å². The predicted octanol–water partition coefficient (Wildman–Crippen LogP) is 3.02. The van der Waals surface area contributed by atoms with E-state index in [9.17, 15) is 9.90 Å². The Morgan fingerprint density at radius 2 is 2.09 bits per heavy atom. The molecule has 1 unspecified atom stereocenters. The van der Waals surface area contributed by atoms with Crippen molar-refractivity contribution in [1.29, 1.82) is 0 Å². The van der Waals surface area contributed by atoms with Crippen LogP contribution >= 0.6 is 11.6 Å². The average Bonchev–Trinajstić information content (AvgIpc) is 2.41. The molecule has 0 aliphatic heterocycles. The number of ether oxygens (including phenoxy) is 2. The molecule has 0 bridgehead atoms. The fourth-order valence-corrected chi connectivity index (χ4v) is 2.16. The summed E-state index contributed by atoms with van der Waals surface area (Å²) in [5, 5.41) is 12.8. The van der Waals surface area contributed by atoms with Gasteiger partial charge in [0.1, 0.15) is 11.4 Å². The third kappa shape index (κ3) is 6.54. The quantitative estimate of drug-likeness (QED) is 0.841. The number of hydrogen-bond acceptors (Lipinski definition) is 4. The van der Waals surface area contributed by atoms with Gasteiger partial charge in [-0.15, -0.1) is 0 Å². The summed E-state index contributed by atoms with van der Waals surface area (Å²) in [6.07, 6.45) is 0.0414. The van der Waals surface area contributed by atoms with Crippen LogP contribution in [0.4, 0.5) is 4.79 Å². The number of alkyl carbamates (subject to hydrolysis) is 1. The van der Waals surface area contributed by atoms with E-state index in [-0.39, 0.29) is 12.5 Å². The SMILES string of the molecule is COc1ccc(Cl)cc1CC(CO)CNC(=O)OC(C)(C)C. The summed E-state index contributed by atoms with van der Waals surface area (Å²) in [5.74, 6) is 0.556. The van der Waals surface area contributed by atoms with Gasteiger partial charge in [-0.05, 0) is 51.0 Å². The van der Waals surface area contributed by atoms with Gasteiger partial charge in [0, 0.05) is 24.1 Å². The van der Waals surface area contributed by atoms with E-state index in [0.29, 0.717) is 23.7 Å². The number of rotatable bonds is 6. The highest BCUT2D eigenvalue weighted by molar-refractivity contribution is 6.30. The third-order valence-corrected chi connectivity index (χ3v) is 3.18. The van der Waals surface area contributed by atoms with Gasteiger partial charge in [0.25, 0.3) is 0 Å². The van der Waals surface area contributed by atoms with Crippen LogP contribution in [-0.2, 0) is 11.2 Å². The number of hydrogen-bond donors (Lipinski definition) is 2. The van der Waals surface area contributed by atoms with Gasteiger partial charge in [0.05, 0.1) is 7.11 Å². The lowest BCUT2D eigenvalue weighted by atomic mass is 9.99. The molecule has 124 valence electrons. The van der Waals surface area contributed by atoms with E-state index < -0.39 is 11.7 Å². The number of carbonyl (C=O) groups is 1. The van der Waals surface area contributed by atoms with Crippen LogP contribution in [0.3, 0.4) is 0 Å². The van der Waals surface area contributed by atoms with Gasteiger partial charge in [-0.2, -0.15) is 0 Å². The zero-order valence-electron chi connectivity index (χ0n) is 13.5. The molecule has 1 amide bonds. The minimum absolute atomic E-state index is 0.0640. The van der Waals surface area contributed by atoms with Crippen molar-refractivity contribution >= 4 is 17.7 Å². The number of aliphatic hydroxyl groups is 1. The van der Waals surface area contributed by atoms with E-state index in [4.69, 9.17) is 21.1 Å². The first-order valence-corrected chi connectivity index (χ1v) is 7.53. The highest BCUT2D eigenvalue weighted by Crippen LogP contribution is 2.25. The molecule has 5 nitrogen and oxygen atoms in total. The highest BCUT2D eigenvalue weighted by atomic mass is 35.5. The number of benzene rings is 1. The lowest BCUT2D eigenvalue weighted by Crippen LogP contribution is -2.36. The first-order chi connectivity index (χ1) is 10.2. The Kier molecular flexibility index (Phi) is 6.97. The largest absolute Gasteiger partial charge is 0.496 e. The summed E-state index contributed by atoms with van der Waals surface area (Å²) in [6.45, 7) is 5.64. The van der Waals surface area contributed by atoms with Gasteiger partial charge in [0.2, 0.25) is 0 Å². The Balaban J connectivity index is 2.62.